The van der Waals surface area contributed by atoms with Crippen LogP contribution in [0.4, 0.5) is 5.69 Å². The van der Waals surface area contributed by atoms with Gasteiger partial charge in [-0.25, -0.2) is 4.98 Å². The first kappa shape index (κ1) is 12.0. The van der Waals surface area contributed by atoms with Gasteiger partial charge in [0.2, 0.25) is 5.91 Å². The molecule has 0 radical (unpaired) electrons. The van der Waals surface area contributed by atoms with Gasteiger partial charge in [-0.05, 0) is 22.0 Å². The first-order valence-corrected chi connectivity index (χ1v) is 5.35. The van der Waals surface area contributed by atoms with Crippen molar-refractivity contribution in [1.29, 1.82) is 0 Å². The lowest BCUT2D eigenvalue weighted by Crippen LogP contribution is -2.10. The molecule has 1 aromatic rings. The Balaban J connectivity index is 2.62. The molecule has 0 bridgehead atoms. The lowest BCUT2D eigenvalue weighted by atomic mass is 10.3. The summed E-state index contributed by atoms with van der Waals surface area (Å²) in [6.45, 7) is 0. The van der Waals surface area contributed by atoms with Crippen LogP contribution < -0.4 is 5.32 Å². The molecule has 0 atom stereocenters. The molecule has 0 spiro atoms. The molecule has 0 saturated carbocycles. The van der Waals surface area contributed by atoms with Gasteiger partial charge in [-0.2, -0.15) is 0 Å². The summed E-state index contributed by atoms with van der Waals surface area (Å²) < 4.78 is 0.638. The van der Waals surface area contributed by atoms with Gasteiger partial charge in [0.25, 0.3) is 0 Å². The van der Waals surface area contributed by atoms with E-state index >= 15 is 0 Å². The maximum atomic E-state index is 11.3. The molecule has 0 aliphatic heterocycles. The quantitative estimate of drug-likeness (QED) is 0.686. The Labute approximate surface area is 101 Å². The number of hydrogen-bond acceptors (Lipinski definition) is 2. The van der Waals surface area contributed by atoms with Crippen molar-refractivity contribution in [1.82, 2.24) is 4.98 Å². The van der Waals surface area contributed by atoms with Crippen LogP contribution in [-0.2, 0) is 4.79 Å². The Morgan fingerprint density at radius 1 is 1.73 bits per heavy atom. The fourth-order valence-electron chi connectivity index (χ4n) is 0.899. The first-order chi connectivity index (χ1) is 7.13. The SMILES string of the molecule is C#CCCC(=O)Nc1cnc(Cl)c(Br)c1. The zero-order chi connectivity index (χ0) is 11.3. The van der Waals surface area contributed by atoms with E-state index in [1.165, 1.54) is 6.20 Å². The number of hydrogen-bond donors (Lipinski definition) is 1. The Morgan fingerprint density at radius 2 is 2.47 bits per heavy atom. The molecule has 1 amide bonds. The Morgan fingerprint density at radius 3 is 3.07 bits per heavy atom. The van der Waals surface area contributed by atoms with Crippen molar-refractivity contribution in [2.75, 3.05) is 5.32 Å². The van der Waals surface area contributed by atoms with Crippen molar-refractivity contribution >= 4 is 39.1 Å². The van der Waals surface area contributed by atoms with Crippen LogP contribution in [0.3, 0.4) is 0 Å². The van der Waals surface area contributed by atoms with Gasteiger partial charge in [-0.3, -0.25) is 4.79 Å². The van der Waals surface area contributed by atoms with E-state index in [1.807, 2.05) is 0 Å². The molecule has 1 rings (SSSR count). The molecule has 0 aromatic carbocycles. The molecule has 78 valence electrons. The molecule has 1 heterocycles. The Kier molecular flexibility index (Phi) is 4.60. The van der Waals surface area contributed by atoms with Gasteiger partial charge in [-0.15, -0.1) is 12.3 Å². The Hall–Kier alpha value is -1.05. The van der Waals surface area contributed by atoms with Gasteiger partial charge in [0, 0.05) is 12.8 Å². The van der Waals surface area contributed by atoms with Crippen molar-refractivity contribution in [3.63, 3.8) is 0 Å². The average Bonchev–Trinajstić information content (AvgIpc) is 2.20. The molecule has 0 aliphatic rings. The van der Waals surface area contributed by atoms with Gasteiger partial charge in [0.05, 0.1) is 16.4 Å². The summed E-state index contributed by atoms with van der Waals surface area (Å²) in [4.78, 5) is 15.2. The molecule has 5 heteroatoms. The van der Waals surface area contributed by atoms with E-state index in [0.717, 1.165) is 0 Å². The summed E-state index contributed by atoms with van der Waals surface area (Å²) in [5.74, 6) is 2.26. The molecule has 15 heavy (non-hydrogen) atoms. The highest BCUT2D eigenvalue weighted by Crippen LogP contribution is 2.22. The fourth-order valence-corrected chi connectivity index (χ4v) is 1.35. The maximum absolute atomic E-state index is 11.3. The molecular weight excluding hydrogens is 279 g/mol. The summed E-state index contributed by atoms with van der Waals surface area (Å²) >= 11 is 8.91. The van der Waals surface area contributed by atoms with Crippen LogP contribution in [0.5, 0.6) is 0 Å². The lowest BCUT2D eigenvalue weighted by Gasteiger charge is -2.04. The minimum atomic E-state index is -0.135. The van der Waals surface area contributed by atoms with Crippen LogP contribution in [0.2, 0.25) is 5.15 Å². The fraction of sp³-hybridized carbons (Fsp3) is 0.200. The number of terminal acetylenes is 1. The van der Waals surface area contributed by atoms with Gasteiger partial charge < -0.3 is 5.32 Å². The van der Waals surface area contributed by atoms with Crippen LogP contribution in [-0.4, -0.2) is 10.9 Å². The van der Waals surface area contributed by atoms with E-state index in [-0.39, 0.29) is 5.91 Å². The minimum absolute atomic E-state index is 0.135. The smallest absolute Gasteiger partial charge is 0.225 e. The van der Waals surface area contributed by atoms with E-state index in [9.17, 15) is 4.79 Å². The van der Waals surface area contributed by atoms with Crippen molar-refractivity contribution < 1.29 is 4.79 Å². The lowest BCUT2D eigenvalue weighted by molar-refractivity contribution is -0.116. The highest BCUT2D eigenvalue weighted by Gasteiger charge is 2.04. The third-order valence-electron chi connectivity index (χ3n) is 1.58. The largest absolute Gasteiger partial charge is 0.325 e. The number of nitrogens with one attached hydrogen (secondary N) is 1. The summed E-state index contributed by atoms with van der Waals surface area (Å²) in [5.41, 5.74) is 0.591. The number of pyridine rings is 1. The minimum Gasteiger partial charge on any atom is -0.325 e. The molecule has 3 nitrogen and oxygen atoms in total. The summed E-state index contributed by atoms with van der Waals surface area (Å²) in [7, 11) is 0. The molecule has 0 fully saturated rings. The number of rotatable bonds is 3. The molecule has 0 aliphatic carbocycles. The second kappa shape index (κ2) is 5.74. The maximum Gasteiger partial charge on any atom is 0.225 e. The second-order valence-corrected chi connectivity index (χ2v) is 3.96. The van der Waals surface area contributed by atoms with Crippen LogP contribution in [0.15, 0.2) is 16.7 Å². The zero-order valence-corrected chi connectivity index (χ0v) is 10.1. The number of aromatic nitrogens is 1. The highest BCUT2D eigenvalue weighted by atomic mass is 79.9. The van der Waals surface area contributed by atoms with Crippen molar-refractivity contribution in [2.24, 2.45) is 0 Å². The number of anilines is 1. The number of amides is 1. The van der Waals surface area contributed by atoms with E-state index in [1.54, 1.807) is 6.07 Å². The normalized spacial score (nSPS) is 9.40. The van der Waals surface area contributed by atoms with E-state index in [0.29, 0.717) is 28.2 Å². The molecule has 1 aromatic heterocycles. The third kappa shape index (κ3) is 3.90. The van der Waals surface area contributed by atoms with Gasteiger partial charge >= 0.3 is 0 Å². The molecule has 0 saturated heterocycles. The summed E-state index contributed by atoms with van der Waals surface area (Å²) in [5, 5.41) is 3.02. The predicted molar refractivity (Wildman–Crippen MR) is 63.6 cm³/mol. The van der Waals surface area contributed by atoms with Gasteiger partial charge in [0.15, 0.2) is 0 Å². The standard InChI is InChI=1S/C10H8BrClN2O/c1-2-3-4-9(15)14-7-5-8(11)10(12)13-6-7/h1,5-6H,3-4H2,(H,14,15). The van der Waals surface area contributed by atoms with Gasteiger partial charge in [0.1, 0.15) is 5.15 Å². The second-order valence-electron chi connectivity index (χ2n) is 2.75. The monoisotopic (exact) mass is 286 g/mol. The molecular formula is C10H8BrClN2O. The third-order valence-corrected chi connectivity index (χ3v) is 2.71. The topological polar surface area (TPSA) is 42.0 Å². The van der Waals surface area contributed by atoms with E-state index in [4.69, 9.17) is 18.0 Å². The number of carbonyl (C=O) groups is 1. The van der Waals surface area contributed by atoms with E-state index in [2.05, 4.69) is 32.2 Å². The zero-order valence-electron chi connectivity index (χ0n) is 7.76. The van der Waals surface area contributed by atoms with Gasteiger partial charge in [-0.1, -0.05) is 11.6 Å². The van der Waals surface area contributed by atoms with E-state index < -0.39 is 0 Å². The Bertz CT molecular complexity index is 414. The molecule has 1 N–H and O–H groups in total. The number of halogens is 2. The predicted octanol–water partition coefficient (Wildman–Crippen LogP) is 2.85. The van der Waals surface area contributed by atoms with Crippen molar-refractivity contribution in [2.45, 2.75) is 12.8 Å². The average molecular weight is 288 g/mol. The summed E-state index contributed by atoms with van der Waals surface area (Å²) in [6.07, 6.45) is 7.26. The number of carbonyl (C=O) groups excluding carboxylic acids is 1. The molecule has 0 unspecified atom stereocenters. The van der Waals surface area contributed by atoms with Crippen LogP contribution in [0, 0.1) is 12.3 Å². The van der Waals surface area contributed by atoms with Crippen molar-refractivity contribution in [3.05, 3.63) is 21.9 Å². The summed E-state index contributed by atoms with van der Waals surface area (Å²) in [6, 6.07) is 1.68. The van der Waals surface area contributed by atoms with Crippen LogP contribution in [0.1, 0.15) is 12.8 Å². The van der Waals surface area contributed by atoms with Crippen LogP contribution in [0.25, 0.3) is 0 Å². The van der Waals surface area contributed by atoms with Crippen molar-refractivity contribution in [3.8, 4) is 12.3 Å². The van der Waals surface area contributed by atoms with Crippen LogP contribution >= 0.6 is 27.5 Å². The number of nitrogens with zero attached hydrogens (tertiary/aromatic N) is 1. The highest BCUT2D eigenvalue weighted by molar-refractivity contribution is 9.10. The first-order valence-electron chi connectivity index (χ1n) is 4.18.